The van der Waals surface area contributed by atoms with Gasteiger partial charge >= 0.3 is 6.09 Å². The maximum absolute atomic E-state index is 12.0. The van der Waals surface area contributed by atoms with Gasteiger partial charge in [-0.2, -0.15) is 0 Å². The molecular formula is C31H48N4O5. The quantitative estimate of drug-likeness (QED) is 0.201. The van der Waals surface area contributed by atoms with E-state index in [2.05, 4.69) is 27.9 Å². The zero-order valence-electron chi connectivity index (χ0n) is 24.9. The highest BCUT2D eigenvalue weighted by atomic mass is 16.6. The largest absolute Gasteiger partial charge is 0.444 e. The van der Waals surface area contributed by atoms with E-state index >= 15 is 0 Å². The molecule has 3 rings (SSSR count). The van der Waals surface area contributed by atoms with Gasteiger partial charge in [0.15, 0.2) is 0 Å². The third kappa shape index (κ3) is 13.1. The maximum atomic E-state index is 12.0. The number of aromatic nitrogens is 1. The van der Waals surface area contributed by atoms with Crippen LogP contribution in [-0.2, 0) is 14.3 Å². The fourth-order valence-electron chi connectivity index (χ4n) is 4.90. The van der Waals surface area contributed by atoms with E-state index in [0.29, 0.717) is 25.1 Å². The van der Waals surface area contributed by atoms with Crippen molar-refractivity contribution < 1.29 is 19.1 Å². The fourth-order valence-corrected chi connectivity index (χ4v) is 4.90. The number of hydrogen-bond acceptors (Lipinski definition) is 5. The first-order chi connectivity index (χ1) is 19.0. The van der Waals surface area contributed by atoms with Gasteiger partial charge in [-0.3, -0.25) is 14.4 Å². The number of rotatable bonds is 11. The summed E-state index contributed by atoms with van der Waals surface area (Å²) in [5.41, 5.74) is 1.72. The number of pyridine rings is 1. The van der Waals surface area contributed by atoms with Crippen molar-refractivity contribution in [3.63, 3.8) is 0 Å². The molecule has 4 N–H and O–H groups in total. The number of unbranched alkanes of at least 4 members (excludes halogenated alkanes) is 1. The number of benzene rings is 1. The first-order valence-corrected chi connectivity index (χ1v) is 14.6. The molecule has 0 spiro atoms. The first-order valence-electron chi connectivity index (χ1n) is 14.6. The number of ether oxygens (including phenoxy) is 1. The van der Waals surface area contributed by atoms with Gasteiger partial charge in [0.25, 0.3) is 0 Å². The number of nitrogens with one attached hydrogen (secondary N) is 4. The molecule has 0 aliphatic heterocycles. The number of alkyl carbamates (subject to hydrolysis) is 1. The van der Waals surface area contributed by atoms with Gasteiger partial charge in [-0.05, 0) is 83.9 Å². The number of carbonyl (C=O) groups is 3. The SMILES string of the molecule is CC(CCCCNC(=O)OC(C)(C)C)NC(=O)CCC1CCCCC1.Cc1cc(=O)[nH]c2cc(NC=O)ccc12. The molecule has 0 radical (unpaired) electrons. The number of carbonyl (C=O) groups excluding carboxylic acids is 3. The van der Waals surface area contributed by atoms with Gasteiger partial charge in [-0.15, -0.1) is 0 Å². The van der Waals surface area contributed by atoms with Crippen molar-refractivity contribution >= 4 is 35.0 Å². The lowest BCUT2D eigenvalue weighted by molar-refractivity contribution is -0.122. The smallest absolute Gasteiger partial charge is 0.407 e. The third-order valence-corrected chi connectivity index (χ3v) is 6.92. The van der Waals surface area contributed by atoms with Crippen LogP contribution in [0.1, 0.15) is 97.5 Å². The van der Waals surface area contributed by atoms with Gasteiger partial charge in [0.05, 0.1) is 5.52 Å². The van der Waals surface area contributed by atoms with Gasteiger partial charge in [-0.1, -0.05) is 38.2 Å². The minimum atomic E-state index is -0.458. The zero-order chi connectivity index (χ0) is 29.5. The molecule has 9 nitrogen and oxygen atoms in total. The second-order valence-electron chi connectivity index (χ2n) is 11.8. The van der Waals surface area contributed by atoms with Crippen LogP contribution in [0.25, 0.3) is 10.9 Å². The van der Waals surface area contributed by atoms with Gasteiger partial charge in [-0.25, -0.2) is 4.79 Å². The summed E-state index contributed by atoms with van der Waals surface area (Å²) < 4.78 is 5.19. The van der Waals surface area contributed by atoms with Crippen LogP contribution < -0.4 is 21.5 Å². The Hall–Kier alpha value is -3.36. The highest BCUT2D eigenvalue weighted by Gasteiger charge is 2.16. The number of amides is 3. The molecule has 1 fully saturated rings. The van der Waals surface area contributed by atoms with E-state index in [1.807, 2.05) is 33.8 Å². The number of H-pyrrole nitrogens is 1. The van der Waals surface area contributed by atoms with E-state index in [1.54, 1.807) is 18.2 Å². The van der Waals surface area contributed by atoms with E-state index in [0.717, 1.165) is 48.1 Å². The fraction of sp³-hybridized carbons (Fsp3) is 0.613. The van der Waals surface area contributed by atoms with E-state index in [-0.39, 0.29) is 23.6 Å². The molecule has 40 heavy (non-hydrogen) atoms. The van der Waals surface area contributed by atoms with Crippen molar-refractivity contribution in [2.45, 2.75) is 110 Å². The lowest BCUT2D eigenvalue weighted by Crippen LogP contribution is -2.34. The summed E-state index contributed by atoms with van der Waals surface area (Å²) >= 11 is 0. The van der Waals surface area contributed by atoms with Crippen LogP contribution in [0.4, 0.5) is 10.5 Å². The predicted molar refractivity (Wildman–Crippen MR) is 160 cm³/mol. The summed E-state index contributed by atoms with van der Waals surface area (Å²) in [5.74, 6) is 0.943. The zero-order valence-corrected chi connectivity index (χ0v) is 24.9. The molecule has 1 aliphatic carbocycles. The summed E-state index contributed by atoms with van der Waals surface area (Å²) in [6.07, 6.45) is 11.4. The van der Waals surface area contributed by atoms with Crippen LogP contribution in [0, 0.1) is 12.8 Å². The molecule has 1 heterocycles. The Kier molecular flexibility index (Phi) is 13.7. The van der Waals surface area contributed by atoms with E-state index in [9.17, 15) is 19.2 Å². The molecule has 1 aromatic heterocycles. The molecule has 0 saturated heterocycles. The second kappa shape index (κ2) is 16.7. The Morgan fingerprint density at radius 2 is 1.85 bits per heavy atom. The number of aryl methyl sites for hydroxylation is 1. The van der Waals surface area contributed by atoms with Crippen molar-refractivity contribution in [2.24, 2.45) is 5.92 Å². The molecule has 3 amide bonds. The number of fused-ring (bicyclic) bond motifs is 1. The highest BCUT2D eigenvalue weighted by molar-refractivity contribution is 5.87. The molecule has 222 valence electrons. The van der Waals surface area contributed by atoms with Crippen molar-refractivity contribution in [3.8, 4) is 0 Å². The molecule has 0 bridgehead atoms. The normalized spacial score (nSPS) is 14.4. The van der Waals surface area contributed by atoms with Crippen molar-refractivity contribution in [2.75, 3.05) is 11.9 Å². The van der Waals surface area contributed by atoms with Crippen molar-refractivity contribution in [1.82, 2.24) is 15.6 Å². The Morgan fingerprint density at radius 3 is 2.52 bits per heavy atom. The molecule has 1 aliphatic rings. The summed E-state index contributed by atoms with van der Waals surface area (Å²) in [5, 5.41) is 9.37. The minimum Gasteiger partial charge on any atom is -0.444 e. The minimum absolute atomic E-state index is 0.136. The topological polar surface area (TPSA) is 129 Å². The molecular weight excluding hydrogens is 508 g/mol. The Balaban J connectivity index is 0.000000315. The second-order valence-corrected chi connectivity index (χ2v) is 11.8. The van der Waals surface area contributed by atoms with Gasteiger partial charge in [0, 0.05) is 36.1 Å². The summed E-state index contributed by atoms with van der Waals surface area (Å²) in [6.45, 7) is 10.1. The standard InChI is InChI=1S/C20H38N2O3.C11H10N2O2/c1-16(10-8-9-15-21-19(24)25-20(2,3)4)22-18(23)14-13-17-11-6-5-7-12-17;1-7-4-11(15)13-10-5-8(12-6-14)2-3-9(7)10/h16-17H,5-15H2,1-4H3,(H,21,24)(H,22,23);2-6H,1H3,(H,12,14)(H,13,15). The van der Waals surface area contributed by atoms with Crippen LogP contribution in [0.2, 0.25) is 0 Å². The molecule has 9 heteroatoms. The van der Waals surface area contributed by atoms with Crippen LogP contribution in [-0.4, -0.2) is 41.6 Å². The Morgan fingerprint density at radius 1 is 1.12 bits per heavy atom. The van der Waals surface area contributed by atoms with Crippen LogP contribution >= 0.6 is 0 Å². The molecule has 1 saturated carbocycles. The van der Waals surface area contributed by atoms with Gasteiger partial charge in [0.2, 0.25) is 17.9 Å². The Bertz CT molecular complexity index is 1150. The van der Waals surface area contributed by atoms with E-state index < -0.39 is 5.60 Å². The lowest BCUT2D eigenvalue weighted by atomic mass is 9.86. The number of anilines is 1. The molecule has 2 aromatic rings. The number of aromatic amines is 1. The molecule has 1 aromatic carbocycles. The first kappa shape index (κ1) is 32.8. The summed E-state index contributed by atoms with van der Waals surface area (Å²) in [7, 11) is 0. The van der Waals surface area contributed by atoms with Crippen molar-refractivity contribution in [1.29, 1.82) is 0 Å². The molecule has 1 unspecified atom stereocenters. The Labute approximate surface area is 238 Å². The summed E-state index contributed by atoms with van der Waals surface area (Å²) in [4.78, 5) is 47.7. The van der Waals surface area contributed by atoms with Crippen LogP contribution in [0.3, 0.4) is 0 Å². The monoisotopic (exact) mass is 556 g/mol. The average Bonchev–Trinajstić information content (AvgIpc) is 2.87. The average molecular weight is 557 g/mol. The summed E-state index contributed by atoms with van der Waals surface area (Å²) in [6, 6.07) is 7.14. The molecule has 1 atom stereocenters. The predicted octanol–water partition coefficient (Wildman–Crippen LogP) is 5.95. The van der Waals surface area contributed by atoms with Crippen molar-refractivity contribution in [3.05, 3.63) is 40.2 Å². The number of hydrogen-bond donors (Lipinski definition) is 4. The maximum Gasteiger partial charge on any atom is 0.407 e. The lowest BCUT2D eigenvalue weighted by Gasteiger charge is -2.21. The highest BCUT2D eigenvalue weighted by Crippen LogP contribution is 2.27. The van der Waals surface area contributed by atoms with E-state index in [1.165, 1.54) is 32.1 Å². The van der Waals surface area contributed by atoms with Gasteiger partial charge < -0.3 is 25.7 Å². The van der Waals surface area contributed by atoms with Gasteiger partial charge in [0.1, 0.15) is 5.60 Å². The third-order valence-electron chi connectivity index (χ3n) is 6.92. The van der Waals surface area contributed by atoms with Crippen LogP contribution in [0.15, 0.2) is 29.1 Å². The van der Waals surface area contributed by atoms with Crippen LogP contribution in [0.5, 0.6) is 0 Å². The van der Waals surface area contributed by atoms with E-state index in [4.69, 9.17) is 4.74 Å².